The Morgan fingerprint density at radius 1 is 1.12 bits per heavy atom. The van der Waals surface area contributed by atoms with Crippen LogP contribution in [-0.2, 0) is 13.1 Å². The second-order valence-electron chi connectivity index (χ2n) is 6.11. The molecular weight excluding hydrogens is 327 g/mol. The zero-order valence-corrected chi connectivity index (χ0v) is 14.2. The van der Waals surface area contributed by atoms with Crippen molar-refractivity contribution in [1.82, 2.24) is 10.2 Å². The minimum Gasteiger partial charge on any atom is -0.348 e. The number of amides is 1. The number of hydrogen-bond acceptors (Lipinski definition) is 2. The molecule has 0 aliphatic carbocycles. The molecule has 1 aliphatic rings. The van der Waals surface area contributed by atoms with Gasteiger partial charge in [-0.05, 0) is 55.3 Å². The fraction of sp³-hybridized carbons (Fsp3) is 0.316. The number of nitrogens with one attached hydrogen (secondary N) is 1. The molecule has 1 heterocycles. The largest absolute Gasteiger partial charge is 0.348 e. The number of rotatable bonds is 5. The Labute approximate surface area is 146 Å². The predicted molar refractivity (Wildman–Crippen MR) is 93.5 cm³/mol. The summed E-state index contributed by atoms with van der Waals surface area (Å²) in [6.07, 6.45) is 2.53. The molecular formula is C19H20ClFN2O. The molecule has 1 N–H and O–H groups in total. The molecule has 0 atom stereocenters. The summed E-state index contributed by atoms with van der Waals surface area (Å²) in [4.78, 5) is 14.5. The van der Waals surface area contributed by atoms with Gasteiger partial charge >= 0.3 is 0 Å². The average Bonchev–Trinajstić information content (AvgIpc) is 3.06. The lowest BCUT2D eigenvalue weighted by atomic mass is 10.1. The summed E-state index contributed by atoms with van der Waals surface area (Å²) in [5, 5.41) is 3.04. The maximum atomic E-state index is 13.8. The number of carbonyl (C=O) groups excluding carboxylic acids is 1. The topological polar surface area (TPSA) is 32.3 Å². The Bertz CT molecular complexity index is 729. The Balaban J connectivity index is 1.60. The van der Waals surface area contributed by atoms with Gasteiger partial charge in [-0.3, -0.25) is 9.69 Å². The third kappa shape index (κ3) is 4.34. The number of likely N-dealkylation sites (tertiary alicyclic amines) is 1. The summed E-state index contributed by atoms with van der Waals surface area (Å²) in [5.74, 6) is -1.04. The number of nitrogens with zero attached hydrogens (tertiary/aromatic N) is 1. The summed E-state index contributed by atoms with van der Waals surface area (Å²) in [6, 6.07) is 12.2. The van der Waals surface area contributed by atoms with E-state index in [9.17, 15) is 9.18 Å². The summed E-state index contributed by atoms with van der Waals surface area (Å²) in [6.45, 7) is 3.61. The lowest BCUT2D eigenvalue weighted by Crippen LogP contribution is -2.24. The van der Waals surface area contributed by atoms with Gasteiger partial charge in [0, 0.05) is 18.1 Å². The van der Waals surface area contributed by atoms with Crippen LogP contribution < -0.4 is 5.32 Å². The van der Waals surface area contributed by atoms with Gasteiger partial charge in [-0.1, -0.05) is 35.9 Å². The number of halogens is 2. The van der Waals surface area contributed by atoms with E-state index in [0.29, 0.717) is 6.54 Å². The van der Waals surface area contributed by atoms with E-state index in [1.165, 1.54) is 30.5 Å². The molecule has 0 spiro atoms. The van der Waals surface area contributed by atoms with Gasteiger partial charge < -0.3 is 5.32 Å². The molecule has 3 nitrogen and oxygen atoms in total. The summed E-state index contributed by atoms with van der Waals surface area (Å²) >= 11 is 5.71. The smallest absolute Gasteiger partial charge is 0.254 e. The van der Waals surface area contributed by atoms with E-state index in [0.717, 1.165) is 31.3 Å². The molecule has 2 aromatic rings. The first-order valence-corrected chi connectivity index (χ1v) is 8.53. The third-order valence-corrected chi connectivity index (χ3v) is 4.46. The van der Waals surface area contributed by atoms with Gasteiger partial charge in [-0.15, -0.1) is 0 Å². The molecule has 1 amide bonds. The molecule has 126 valence electrons. The van der Waals surface area contributed by atoms with Crippen molar-refractivity contribution in [3.63, 3.8) is 0 Å². The van der Waals surface area contributed by atoms with Gasteiger partial charge in [0.1, 0.15) is 5.82 Å². The van der Waals surface area contributed by atoms with E-state index in [1.54, 1.807) is 0 Å². The Morgan fingerprint density at radius 2 is 1.88 bits per heavy atom. The summed E-state index contributed by atoms with van der Waals surface area (Å²) < 4.78 is 13.8. The van der Waals surface area contributed by atoms with Gasteiger partial charge in [0.2, 0.25) is 0 Å². The maximum absolute atomic E-state index is 13.8. The van der Waals surface area contributed by atoms with Crippen LogP contribution in [0.15, 0.2) is 42.5 Å². The fourth-order valence-electron chi connectivity index (χ4n) is 2.99. The van der Waals surface area contributed by atoms with Gasteiger partial charge in [-0.2, -0.15) is 0 Å². The van der Waals surface area contributed by atoms with Crippen molar-refractivity contribution in [2.24, 2.45) is 0 Å². The van der Waals surface area contributed by atoms with Crippen molar-refractivity contribution in [3.8, 4) is 0 Å². The second-order valence-corrected chi connectivity index (χ2v) is 6.55. The van der Waals surface area contributed by atoms with Crippen LogP contribution >= 0.6 is 11.6 Å². The zero-order chi connectivity index (χ0) is 16.9. The highest BCUT2D eigenvalue weighted by molar-refractivity contribution is 6.30. The first kappa shape index (κ1) is 16.9. The van der Waals surface area contributed by atoms with Crippen molar-refractivity contribution < 1.29 is 9.18 Å². The summed E-state index contributed by atoms with van der Waals surface area (Å²) in [7, 11) is 0. The van der Waals surface area contributed by atoms with Crippen LogP contribution in [0.25, 0.3) is 0 Å². The maximum Gasteiger partial charge on any atom is 0.254 e. The van der Waals surface area contributed by atoms with Crippen molar-refractivity contribution in [2.45, 2.75) is 25.9 Å². The van der Waals surface area contributed by atoms with E-state index in [-0.39, 0.29) is 10.6 Å². The highest BCUT2D eigenvalue weighted by atomic mass is 35.5. The number of carbonyl (C=O) groups is 1. The lowest BCUT2D eigenvalue weighted by molar-refractivity contribution is 0.0947. The SMILES string of the molecule is O=C(NCc1cccc(CN2CCCC2)c1)c1ccc(Cl)cc1F. The predicted octanol–water partition coefficient (Wildman–Crippen LogP) is 4.00. The third-order valence-electron chi connectivity index (χ3n) is 4.23. The monoisotopic (exact) mass is 346 g/mol. The van der Waals surface area contributed by atoms with Gasteiger partial charge in [0.15, 0.2) is 0 Å². The molecule has 0 radical (unpaired) electrons. The molecule has 2 aromatic carbocycles. The molecule has 3 rings (SSSR count). The standard InChI is InChI=1S/C19H20ClFN2O/c20-16-6-7-17(18(21)11-16)19(24)22-12-14-4-3-5-15(10-14)13-23-8-1-2-9-23/h3-7,10-11H,1-2,8-9,12-13H2,(H,22,24). The summed E-state index contributed by atoms with van der Waals surface area (Å²) in [5.41, 5.74) is 2.25. The van der Waals surface area contributed by atoms with Crippen LogP contribution in [0.1, 0.15) is 34.3 Å². The van der Waals surface area contributed by atoms with E-state index in [2.05, 4.69) is 22.3 Å². The normalized spacial score (nSPS) is 14.8. The molecule has 0 saturated carbocycles. The lowest BCUT2D eigenvalue weighted by Gasteiger charge is -2.15. The Hall–Kier alpha value is -1.91. The highest BCUT2D eigenvalue weighted by Crippen LogP contribution is 2.16. The molecule has 0 unspecified atom stereocenters. The quantitative estimate of drug-likeness (QED) is 0.887. The van der Waals surface area contributed by atoms with E-state index < -0.39 is 11.7 Å². The zero-order valence-electron chi connectivity index (χ0n) is 13.4. The molecule has 0 bridgehead atoms. The molecule has 5 heteroatoms. The van der Waals surface area contributed by atoms with Gasteiger partial charge in [0.05, 0.1) is 5.56 Å². The number of hydrogen-bond donors (Lipinski definition) is 1. The van der Waals surface area contributed by atoms with Crippen LogP contribution in [0.4, 0.5) is 4.39 Å². The average molecular weight is 347 g/mol. The van der Waals surface area contributed by atoms with E-state index in [4.69, 9.17) is 11.6 Å². The van der Waals surface area contributed by atoms with Crippen LogP contribution in [-0.4, -0.2) is 23.9 Å². The van der Waals surface area contributed by atoms with Crippen molar-refractivity contribution in [2.75, 3.05) is 13.1 Å². The molecule has 0 aromatic heterocycles. The molecule has 1 fully saturated rings. The van der Waals surface area contributed by atoms with Crippen LogP contribution in [0.2, 0.25) is 5.02 Å². The fourth-order valence-corrected chi connectivity index (χ4v) is 3.15. The van der Waals surface area contributed by atoms with Gasteiger partial charge in [-0.25, -0.2) is 4.39 Å². The van der Waals surface area contributed by atoms with Crippen LogP contribution in [0, 0.1) is 5.82 Å². The van der Waals surface area contributed by atoms with E-state index in [1.807, 2.05) is 12.1 Å². The van der Waals surface area contributed by atoms with Crippen molar-refractivity contribution in [3.05, 3.63) is 70.0 Å². The second kappa shape index (κ2) is 7.77. The van der Waals surface area contributed by atoms with E-state index >= 15 is 0 Å². The molecule has 24 heavy (non-hydrogen) atoms. The van der Waals surface area contributed by atoms with Crippen molar-refractivity contribution in [1.29, 1.82) is 0 Å². The minimum absolute atomic E-state index is 0.00706. The molecule has 1 saturated heterocycles. The number of benzene rings is 2. The van der Waals surface area contributed by atoms with Crippen LogP contribution in [0.5, 0.6) is 0 Å². The Kier molecular flexibility index (Phi) is 5.48. The first-order chi connectivity index (χ1) is 11.6. The van der Waals surface area contributed by atoms with Crippen molar-refractivity contribution >= 4 is 17.5 Å². The minimum atomic E-state index is -0.609. The van der Waals surface area contributed by atoms with Gasteiger partial charge in [0.25, 0.3) is 5.91 Å². The first-order valence-electron chi connectivity index (χ1n) is 8.15. The highest BCUT2D eigenvalue weighted by Gasteiger charge is 2.13. The molecule has 1 aliphatic heterocycles. The Morgan fingerprint density at radius 3 is 2.62 bits per heavy atom. The van der Waals surface area contributed by atoms with Crippen LogP contribution in [0.3, 0.4) is 0 Å².